The van der Waals surface area contributed by atoms with Crippen LogP contribution < -0.4 is 14.2 Å². The van der Waals surface area contributed by atoms with Gasteiger partial charge in [0.1, 0.15) is 18.1 Å². The van der Waals surface area contributed by atoms with Crippen molar-refractivity contribution in [2.24, 2.45) is 0 Å². The maximum absolute atomic E-state index is 13.3. The SMILES string of the molecule is C=CCOc1cccc(C2/C(=C(\O)c3ccc4c(c3)OCO4)C(=O)C(=O)N2CCCN2CCOCC2)c1. The van der Waals surface area contributed by atoms with Crippen molar-refractivity contribution in [1.82, 2.24) is 9.80 Å². The number of morpholine rings is 1. The standard InChI is InChI=1S/C28H30N2O7/c1-2-13-35-21-6-3-5-19(16-21)25-24(26(31)20-7-8-22-23(17-20)37-18-36-22)27(32)28(33)30(25)10-4-9-29-11-14-34-15-12-29/h2-3,5-8,16-17,25,31H,1,4,9-15,18H2/b26-24+. The highest BCUT2D eigenvalue weighted by Crippen LogP contribution is 2.42. The number of benzene rings is 2. The predicted molar refractivity (Wildman–Crippen MR) is 136 cm³/mol. The molecule has 5 rings (SSSR count). The fourth-order valence-electron chi connectivity index (χ4n) is 4.88. The molecule has 2 saturated heterocycles. The van der Waals surface area contributed by atoms with Gasteiger partial charge in [0.05, 0.1) is 24.8 Å². The number of aliphatic hydroxyl groups is 1. The van der Waals surface area contributed by atoms with Crippen LogP contribution in [0.4, 0.5) is 0 Å². The normalized spacial score (nSPS) is 20.9. The zero-order chi connectivity index (χ0) is 25.8. The molecule has 9 nitrogen and oxygen atoms in total. The predicted octanol–water partition coefficient (Wildman–Crippen LogP) is 3.12. The van der Waals surface area contributed by atoms with Gasteiger partial charge in [0, 0.05) is 31.7 Å². The van der Waals surface area contributed by atoms with E-state index in [4.69, 9.17) is 18.9 Å². The van der Waals surface area contributed by atoms with Gasteiger partial charge in [-0.25, -0.2) is 0 Å². The molecule has 1 unspecified atom stereocenters. The number of fused-ring (bicyclic) bond motifs is 1. The average molecular weight is 507 g/mol. The second kappa shape index (κ2) is 11.1. The van der Waals surface area contributed by atoms with Crippen molar-refractivity contribution in [3.63, 3.8) is 0 Å². The Kier molecular flexibility index (Phi) is 7.43. The van der Waals surface area contributed by atoms with Crippen molar-refractivity contribution in [1.29, 1.82) is 0 Å². The molecule has 3 aliphatic heterocycles. The van der Waals surface area contributed by atoms with Crippen molar-refractivity contribution >= 4 is 17.4 Å². The summed E-state index contributed by atoms with van der Waals surface area (Å²) in [6, 6.07) is 11.4. The van der Waals surface area contributed by atoms with E-state index in [0.29, 0.717) is 61.2 Å². The number of carbonyl (C=O) groups is 2. The topological polar surface area (TPSA) is 97.8 Å². The lowest BCUT2D eigenvalue weighted by Crippen LogP contribution is -2.38. The highest BCUT2D eigenvalue weighted by atomic mass is 16.7. The second-order valence-electron chi connectivity index (χ2n) is 9.04. The first-order valence-electron chi connectivity index (χ1n) is 12.4. The molecular weight excluding hydrogens is 476 g/mol. The molecule has 0 aromatic heterocycles. The summed E-state index contributed by atoms with van der Waals surface area (Å²) in [4.78, 5) is 30.4. The summed E-state index contributed by atoms with van der Waals surface area (Å²) in [7, 11) is 0. The summed E-state index contributed by atoms with van der Waals surface area (Å²) in [5, 5.41) is 11.3. The molecule has 2 fully saturated rings. The van der Waals surface area contributed by atoms with Crippen LogP contribution >= 0.6 is 0 Å². The third-order valence-electron chi connectivity index (χ3n) is 6.70. The number of Topliss-reactive ketones (excluding diaryl/α,β-unsaturated/α-hetero) is 1. The minimum atomic E-state index is -0.762. The van der Waals surface area contributed by atoms with Crippen LogP contribution in [0.15, 0.2) is 60.7 Å². The van der Waals surface area contributed by atoms with Crippen LogP contribution in [-0.4, -0.2) is 79.4 Å². The van der Waals surface area contributed by atoms with Crippen LogP contribution in [0.2, 0.25) is 0 Å². The molecule has 0 radical (unpaired) electrons. The van der Waals surface area contributed by atoms with Crippen LogP contribution in [0.3, 0.4) is 0 Å². The Hall–Kier alpha value is -3.82. The first-order valence-corrected chi connectivity index (χ1v) is 12.4. The van der Waals surface area contributed by atoms with Gasteiger partial charge >= 0.3 is 0 Å². The number of ether oxygens (including phenoxy) is 4. The minimum Gasteiger partial charge on any atom is -0.507 e. The molecule has 1 N–H and O–H groups in total. The molecule has 0 aliphatic carbocycles. The average Bonchev–Trinajstić information content (AvgIpc) is 3.50. The number of ketones is 1. The Labute approximate surface area is 215 Å². The Balaban J connectivity index is 1.49. The van der Waals surface area contributed by atoms with Gasteiger partial charge in [0.15, 0.2) is 11.5 Å². The van der Waals surface area contributed by atoms with Crippen molar-refractivity contribution in [3.8, 4) is 17.2 Å². The van der Waals surface area contributed by atoms with Crippen molar-refractivity contribution in [3.05, 3.63) is 71.8 Å². The van der Waals surface area contributed by atoms with Crippen molar-refractivity contribution in [2.45, 2.75) is 12.5 Å². The number of rotatable bonds is 9. The summed E-state index contributed by atoms with van der Waals surface area (Å²) >= 11 is 0. The number of aliphatic hydroxyl groups excluding tert-OH is 1. The monoisotopic (exact) mass is 506 g/mol. The highest BCUT2D eigenvalue weighted by molar-refractivity contribution is 6.46. The van der Waals surface area contributed by atoms with E-state index >= 15 is 0 Å². The molecule has 2 aromatic carbocycles. The van der Waals surface area contributed by atoms with E-state index in [1.54, 1.807) is 41.3 Å². The van der Waals surface area contributed by atoms with E-state index in [0.717, 1.165) is 19.6 Å². The zero-order valence-electron chi connectivity index (χ0n) is 20.6. The molecule has 1 atom stereocenters. The second-order valence-corrected chi connectivity index (χ2v) is 9.04. The molecular formula is C28H30N2O7. The van der Waals surface area contributed by atoms with Crippen LogP contribution in [0.5, 0.6) is 17.2 Å². The number of hydrogen-bond donors (Lipinski definition) is 1. The van der Waals surface area contributed by atoms with Gasteiger partial charge < -0.3 is 29.0 Å². The lowest BCUT2D eigenvalue weighted by atomic mass is 9.95. The maximum atomic E-state index is 13.3. The quantitative estimate of drug-likeness (QED) is 0.240. The summed E-state index contributed by atoms with van der Waals surface area (Å²) in [5.41, 5.74) is 1.09. The third-order valence-corrected chi connectivity index (χ3v) is 6.70. The Morgan fingerprint density at radius 3 is 2.70 bits per heavy atom. The van der Waals surface area contributed by atoms with E-state index in [2.05, 4.69) is 11.5 Å². The molecule has 0 bridgehead atoms. The summed E-state index contributed by atoms with van der Waals surface area (Å²) in [6.45, 7) is 8.30. The molecule has 0 spiro atoms. The molecule has 1 amide bonds. The third kappa shape index (κ3) is 5.19. The Morgan fingerprint density at radius 1 is 1.08 bits per heavy atom. The van der Waals surface area contributed by atoms with Crippen molar-refractivity contribution in [2.75, 3.05) is 52.8 Å². The lowest BCUT2D eigenvalue weighted by molar-refractivity contribution is -0.140. The molecule has 3 aliphatic rings. The summed E-state index contributed by atoms with van der Waals surface area (Å²) in [5.74, 6) is 0.00802. The molecule has 194 valence electrons. The smallest absolute Gasteiger partial charge is 0.295 e. The van der Waals surface area contributed by atoms with Gasteiger partial charge in [-0.05, 0) is 42.3 Å². The number of hydrogen-bond acceptors (Lipinski definition) is 8. The maximum Gasteiger partial charge on any atom is 0.295 e. The van der Waals surface area contributed by atoms with Crippen LogP contribution in [0.1, 0.15) is 23.6 Å². The van der Waals surface area contributed by atoms with E-state index in [9.17, 15) is 14.7 Å². The lowest BCUT2D eigenvalue weighted by Gasteiger charge is -2.29. The largest absolute Gasteiger partial charge is 0.507 e. The van der Waals surface area contributed by atoms with Gasteiger partial charge in [-0.2, -0.15) is 0 Å². The van der Waals surface area contributed by atoms with E-state index in [1.807, 2.05) is 12.1 Å². The number of nitrogens with zero attached hydrogens (tertiary/aromatic N) is 2. The van der Waals surface area contributed by atoms with E-state index in [-0.39, 0.29) is 18.1 Å². The number of amides is 1. The van der Waals surface area contributed by atoms with Gasteiger partial charge in [-0.3, -0.25) is 14.5 Å². The van der Waals surface area contributed by atoms with Gasteiger partial charge in [0.2, 0.25) is 6.79 Å². The Morgan fingerprint density at radius 2 is 1.89 bits per heavy atom. The van der Waals surface area contributed by atoms with Crippen LogP contribution in [0, 0.1) is 0 Å². The molecule has 3 heterocycles. The first-order chi connectivity index (χ1) is 18.1. The fourth-order valence-corrected chi connectivity index (χ4v) is 4.88. The van der Waals surface area contributed by atoms with E-state index < -0.39 is 17.7 Å². The molecule has 37 heavy (non-hydrogen) atoms. The van der Waals surface area contributed by atoms with E-state index in [1.165, 1.54) is 0 Å². The highest BCUT2D eigenvalue weighted by Gasteiger charge is 2.46. The molecule has 2 aromatic rings. The van der Waals surface area contributed by atoms with Gasteiger partial charge in [0.25, 0.3) is 11.7 Å². The van der Waals surface area contributed by atoms with Gasteiger partial charge in [-0.15, -0.1) is 0 Å². The van der Waals surface area contributed by atoms with Crippen LogP contribution in [-0.2, 0) is 14.3 Å². The number of carbonyl (C=O) groups excluding carboxylic acids is 2. The molecule has 9 heteroatoms. The zero-order valence-corrected chi connectivity index (χ0v) is 20.6. The number of likely N-dealkylation sites (tertiary alicyclic amines) is 1. The minimum absolute atomic E-state index is 0.0381. The summed E-state index contributed by atoms with van der Waals surface area (Å²) in [6.07, 6.45) is 2.32. The summed E-state index contributed by atoms with van der Waals surface area (Å²) < 4.78 is 21.9. The first kappa shape index (κ1) is 24.9. The fraction of sp³-hybridized carbons (Fsp3) is 0.357. The van der Waals surface area contributed by atoms with Gasteiger partial charge in [-0.1, -0.05) is 24.8 Å². The van der Waals surface area contributed by atoms with Crippen LogP contribution in [0.25, 0.3) is 5.76 Å². The molecule has 0 saturated carbocycles. The Bertz CT molecular complexity index is 1220. The van der Waals surface area contributed by atoms with Crippen molar-refractivity contribution < 1.29 is 33.6 Å².